The number of nitrogens with zero attached hydrogens (tertiary/aromatic N) is 1. The predicted molar refractivity (Wildman–Crippen MR) is 62.8 cm³/mol. The van der Waals surface area contributed by atoms with Crippen molar-refractivity contribution < 1.29 is 19.1 Å². The van der Waals surface area contributed by atoms with Gasteiger partial charge in [0.15, 0.2) is 0 Å². The molecule has 2 saturated carbocycles. The number of oxazole rings is 1. The Morgan fingerprint density at radius 2 is 2.11 bits per heavy atom. The molecule has 2 atom stereocenters. The van der Waals surface area contributed by atoms with Gasteiger partial charge in [-0.1, -0.05) is 12.8 Å². The van der Waals surface area contributed by atoms with Gasteiger partial charge in [0.05, 0.1) is 6.61 Å². The van der Waals surface area contributed by atoms with Crippen LogP contribution in [-0.4, -0.2) is 22.7 Å². The molecule has 0 bridgehead atoms. The molecule has 0 aromatic carbocycles. The van der Waals surface area contributed by atoms with Crippen LogP contribution in [0.1, 0.15) is 54.9 Å². The van der Waals surface area contributed by atoms with Crippen molar-refractivity contribution in [2.24, 2.45) is 11.8 Å². The second kappa shape index (κ2) is 4.30. The van der Waals surface area contributed by atoms with E-state index >= 15 is 0 Å². The van der Waals surface area contributed by atoms with Crippen LogP contribution in [0.4, 0.5) is 0 Å². The molecule has 0 spiro atoms. The smallest absolute Gasteiger partial charge is 0.362 e. The molecule has 0 saturated heterocycles. The number of hydrogen-bond acceptors (Lipinski definition) is 4. The average molecular weight is 251 g/mol. The van der Waals surface area contributed by atoms with Gasteiger partial charge < -0.3 is 14.3 Å². The molecule has 2 fully saturated rings. The molecular weight excluding hydrogens is 234 g/mol. The lowest BCUT2D eigenvalue weighted by molar-refractivity contribution is 0.0683. The highest BCUT2D eigenvalue weighted by atomic mass is 16.6. The second-order valence-corrected chi connectivity index (χ2v) is 5.06. The van der Waals surface area contributed by atoms with Crippen LogP contribution < -0.4 is 4.74 Å². The number of carbonyl (C=O) groups is 1. The van der Waals surface area contributed by atoms with Crippen LogP contribution >= 0.6 is 0 Å². The first-order chi connectivity index (χ1) is 8.72. The Morgan fingerprint density at radius 1 is 1.44 bits per heavy atom. The molecule has 2 aliphatic rings. The first-order valence-electron chi connectivity index (χ1n) is 6.59. The number of rotatable bonds is 4. The van der Waals surface area contributed by atoms with Gasteiger partial charge in [-0.05, 0) is 31.6 Å². The minimum Gasteiger partial charge on any atom is -0.476 e. The standard InChI is InChI=1S/C13H17NO4/c1-2-17-13-10(12(15)16)14-11(18-13)9-7-5-3-4-6-8(7)9/h7-9H,2-6H2,1H3,(H,15,16). The maximum atomic E-state index is 11.1. The van der Waals surface area contributed by atoms with Crippen molar-refractivity contribution in [3.63, 3.8) is 0 Å². The van der Waals surface area contributed by atoms with Crippen LogP contribution in [-0.2, 0) is 0 Å². The summed E-state index contributed by atoms with van der Waals surface area (Å²) in [7, 11) is 0. The first-order valence-corrected chi connectivity index (χ1v) is 6.59. The van der Waals surface area contributed by atoms with E-state index in [1.165, 1.54) is 25.7 Å². The number of aromatic carboxylic acids is 1. The Hall–Kier alpha value is -1.52. The molecule has 98 valence electrons. The summed E-state index contributed by atoms with van der Waals surface area (Å²) >= 11 is 0. The zero-order valence-corrected chi connectivity index (χ0v) is 10.4. The number of hydrogen-bond donors (Lipinski definition) is 1. The maximum Gasteiger partial charge on any atom is 0.362 e. The van der Waals surface area contributed by atoms with E-state index in [-0.39, 0.29) is 11.6 Å². The van der Waals surface area contributed by atoms with Gasteiger partial charge in [0.2, 0.25) is 11.6 Å². The van der Waals surface area contributed by atoms with Gasteiger partial charge in [0.1, 0.15) is 0 Å². The summed E-state index contributed by atoms with van der Waals surface area (Å²) in [6.07, 6.45) is 4.96. The molecule has 5 heteroatoms. The number of carboxylic acids is 1. The van der Waals surface area contributed by atoms with Gasteiger partial charge >= 0.3 is 11.9 Å². The highest BCUT2D eigenvalue weighted by molar-refractivity contribution is 5.87. The molecule has 5 nitrogen and oxygen atoms in total. The number of ether oxygens (including phenoxy) is 1. The highest BCUT2D eigenvalue weighted by Crippen LogP contribution is 2.61. The minimum absolute atomic E-state index is 0.0589. The Labute approximate surface area is 105 Å². The molecule has 0 radical (unpaired) electrons. The highest BCUT2D eigenvalue weighted by Gasteiger charge is 2.54. The molecule has 1 N–H and O–H groups in total. The zero-order valence-electron chi connectivity index (χ0n) is 10.4. The Morgan fingerprint density at radius 3 is 2.67 bits per heavy atom. The number of fused-ring (bicyclic) bond motifs is 1. The lowest BCUT2D eigenvalue weighted by Crippen LogP contribution is -2.01. The third-order valence-corrected chi connectivity index (χ3v) is 4.03. The van der Waals surface area contributed by atoms with Gasteiger partial charge in [-0.15, -0.1) is 0 Å². The van der Waals surface area contributed by atoms with Gasteiger partial charge in [-0.25, -0.2) is 9.78 Å². The van der Waals surface area contributed by atoms with Crippen LogP contribution in [0.2, 0.25) is 0 Å². The van der Waals surface area contributed by atoms with Gasteiger partial charge in [0.25, 0.3) is 0 Å². The van der Waals surface area contributed by atoms with E-state index in [1.54, 1.807) is 6.92 Å². The lowest BCUT2D eigenvalue weighted by Gasteiger charge is -2.04. The molecule has 1 aromatic rings. The van der Waals surface area contributed by atoms with Crippen molar-refractivity contribution in [3.05, 3.63) is 11.6 Å². The zero-order chi connectivity index (χ0) is 12.7. The monoisotopic (exact) mass is 251 g/mol. The van der Waals surface area contributed by atoms with E-state index in [1.807, 2.05) is 0 Å². The Kier molecular flexibility index (Phi) is 2.76. The van der Waals surface area contributed by atoms with Crippen molar-refractivity contribution in [2.45, 2.75) is 38.5 Å². The van der Waals surface area contributed by atoms with Crippen molar-refractivity contribution in [1.82, 2.24) is 4.98 Å². The number of carboxylic acid groups (broad SMARTS) is 1. The van der Waals surface area contributed by atoms with Gasteiger partial charge in [0, 0.05) is 5.92 Å². The van der Waals surface area contributed by atoms with Crippen LogP contribution in [0.15, 0.2) is 4.42 Å². The van der Waals surface area contributed by atoms with E-state index in [9.17, 15) is 4.79 Å². The van der Waals surface area contributed by atoms with Crippen LogP contribution in [0.25, 0.3) is 0 Å². The van der Waals surface area contributed by atoms with Crippen LogP contribution in [0.3, 0.4) is 0 Å². The fourth-order valence-electron chi connectivity index (χ4n) is 3.19. The van der Waals surface area contributed by atoms with Crippen molar-refractivity contribution in [1.29, 1.82) is 0 Å². The van der Waals surface area contributed by atoms with Crippen molar-refractivity contribution in [2.75, 3.05) is 6.61 Å². The molecule has 1 aromatic heterocycles. The van der Waals surface area contributed by atoms with Gasteiger partial charge in [-0.2, -0.15) is 0 Å². The quantitative estimate of drug-likeness (QED) is 0.890. The molecule has 0 aliphatic heterocycles. The summed E-state index contributed by atoms with van der Waals surface area (Å²) < 4.78 is 10.7. The number of aromatic nitrogens is 1. The molecule has 18 heavy (non-hydrogen) atoms. The van der Waals surface area contributed by atoms with E-state index in [0.717, 1.165) is 0 Å². The molecule has 3 rings (SSSR count). The normalized spacial score (nSPS) is 29.7. The Balaban J connectivity index is 1.85. The van der Waals surface area contributed by atoms with Crippen molar-refractivity contribution in [3.8, 4) is 5.95 Å². The summed E-state index contributed by atoms with van der Waals surface area (Å²) in [4.78, 5) is 15.2. The molecule has 2 aliphatic carbocycles. The van der Waals surface area contributed by atoms with Crippen LogP contribution in [0.5, 0.6) is 5.95 Å². The van der Waals surface area contributed by atoms with Crippen molar-refractivity contribution >= 4 is 5.97 Å². The van der Waals surface area contributed by atoms with E-state index in [0.29, 0.717) is 30.3 Å². The molecule has 2 unspecified atom stereocenters. The minimum atomic E-state index is -1.09. The topological polar surface area (TPSA) is 72.6 Å². The lowest BCUT2D eigenvalue weighted by atomic mass is 10.0. The third kappa shape index (κ3) is 1.78. The van der Waals surface area contributed by atoms with E-state index in [4.69, 9.17) is 14.3 Å². The summed E-state index contributed by atoms with van der Waals surface area (Å²) in [5, 5.41) is 9.06. The maximum absolute atomic E-state index is 11.1. The molecule has 1 heterocycles. The predicted octanol–water partition coefficient (Wildman–Crippen LogP) is 2.68. The van der Waals surface area contributed by atoms with Crippen LogP contribution in [0, 0.1) is 11.8 Å². The SMILES string of the molecule is CCOc1oc(C2C3CCCCC32)nc1C(=O)O. The second-order valence-electron chi connectivity index (χ2n) is 5.06. The van der Waals surface area contributed by atoms with E-state index in [2.05, 4.69) is 4.98 Å². The molecular formula is C13H17NO4. The van der Waals surface area contributed by atoms with E-state index < -0.39 is 5.97 Å². The fraction of sp³-hybridized carbons (Fsp3) is 0.692. The fourth-order valence-corrected chi connectivity index (χ4v) is 3.19. The Bertz CT molecular complexity index is 456. The van der Waals surface area contributed by atoms with Gasteiger partial charge in [-0.3, -0.25) is 0 Å². The summed E-state index contributed by atoms with van der Waals surface area (Å²) in [6.45, 7) is 2.18. The third-order valence-electron chi connectivity index (χ3n) is 4.03. The molecule has 0 amide bonds. The summed E-state index contributed by atoms with van der Waals surface area (Å²) in [5.74, 6) is 1.15. The first kappa shape index (κ1) is 11.6. The average Bonchev–Trinajstić information content (AvgIpc) is 2.94. The largest absolute Gasteiger partial charge is 0.476 e. The summed E-state index contributed by atoms with van der Waals surface area (Å²) in [6, 6.07) is 0. The summed E-state index contributed by atoms with van der Waals surface area (Å²) in [5.41, 5.74) is -0.0875.